The lowest BCUT2D eigenvalue weighted by atomic mass is 10.1. The van der Waals surface area contributed by atoms with Gasteiger partial charge in [0.25, 0.3) is 0 Å². The van der Waals surface area contributed by atoms with E-state index in [1.54, 1.807) is 0 Å². The summed E-state index contributed by atoms with van der Waals surface area (Å²) in [6.07, 6.45) is 0. The molecule has 1 aliphatic rings. The van der Waals surface area contributed by atoms with Gasteiger partial charge in [-0.3, -0.25) is 14.6 Å². The monoisotopic (exact) mass is 362 g/mol. The highest BCUT2D eigenvalue weighted by Gasteiger charge is 2.20. The number of rotatable bonds is 5. The Kier molecular flexibility index (Phi) is 6.23. The van der Waals surface area contributed by atoms with Gasteiger partial charge in [0.15, 0.2) is 0 Å². The first-order chi connectivity index (χ1) is 13.1. The molecule has 3 rings (SSSR count). The van der Waals surface area contributed by atoms with E-state index >= 15 is 0 Å². The van der Waals surface area contributed by atoms with E-state index in [0.717, 1.165) is 55.1 Å². The van der Waals surface area contributed by atoms with Gasteiger partial charge in [-0.1, -0.05) is 30.3 Å². The number of carbonyl (C=O) groups is 1. The number of benzene rings is 2. The molecule has 0 saturated carbocycles. The van der Waals surface area contributed by atoms with Crippen LogP contribution in [0.15, 0.2) is 42.5 Å². The fourth-order valence-corrected chi connectivity index (χ4v) is 3.39. The summed E-state index contributed by atoms with van der Waals surface area (Å²) >= 11 is 0. The van der Waals surface area contributed by atoms with Gasteiger partial charge in [0.2, 0.25) is 5.91 Å². The molecule has 27 heavy (non-hydrogen) atoms. The van der Waals surface area contributed by atoms with Crippen molar-refractivity contribution in [2.75, 3.05) is 38.0 Å². The second-order valence-electron chi connectivity index (χ2n) is 7.12. The van der Waals surface area contributed by atoms with Crippen LogP contribution in [0.5, 0.6) is 0 Å². The Bertz CT molecular complexity index is 848. The fraction of sp³-hybridized carbons (Fsp3) is 0.364. The van der Waals surface area contributed by atoms with Crippen LogP contribution in [0.1, 0.15) is 22.3 Å². The molecule has 5 nitrogen and oxygen atoms in total. The van der Waals surface area contributed by atoms with E-state index in [-0.39, 0.29) is 5.91 Å². The zero-order chi connectivity index (χ0) is 19.2. The Hall–Kier alpha value is -2.68. The summed E-state index contributed by atoms with van der Waals surface area (Å²) in [5.41, 5.74) is 5.01. The first-order valence-electron chi connectivity index (χ1n) is 9.35. The topological polar surface area (TPSA) is 59.4 Å². The van der Waals surface area contributed by atoms with Crippen LogP contribution >= 0.6 is 0 Å². The van der Waals surface area contributed by atoms with Gasteiger partial charge in [-0.05, 0) is 42.7 Å². The van der Waals surface area contributed by atoms with E-state index in [1.165, 1.54) is 5.56 Å². The number of nitrogens with one attached hydrogen (secondary N) is 1. The molecule has 1 amide bonds. The summed E-state index contributed by atoms with van der Waals surface area (Å²) in [6.45, 7) is 8.79. The standard InChI is InChI=1S/C22H26N4O/c1-17-6-5-9-21(18(17)2)24-22(27)16-26-12-10-25(11-13-26)15-20-8-4-3-7-19(20)14-23/h3-9H,10-13,15-16H2,1-2H3,(H,24,27). The van der Waals surface area contributed by atoms with Crippen molar-refractivity contribution in [1.82, 2.24) is 9.80 Å². The average Bonchev–Trinajstić information content (AvgIpc) is 2.67. The lowest BCUT2D eigenvalue weighted by Gasteiger charge is -2.34. The summed E-state index contributed by atoms with van der Waals surface area (Å²) in [5, 5.41) is 12.3. The lowest BCUT2D eigenvalue weighted by molar-refractivity contribution is -0.117. The smallest absolute Gasteiger partial charge is 0.238 e. The van der Waals surface area contributed by atoms with Crippen LogP contribution in [0.2, 0.25) is 0 Å². The molecule has 5 heteroatoms. The second kappa shape index (κ2) is 8.81. The van der Waals surface area contributed by atoms with Crippen LogP contribution in [0.25, 0.3) is 0 Å². The largest absolute Gasteiger partial charge is 0.325 e. The molecule has 1 aliphatic heterocycles. The molecule has 0 atom stereocenters. The number of anilines is 1. The molecule has 2 aromatic carbocycles. The van der Waals surface area contributed by atoms with Crippen molar-refractivity contribution in [2.24, 2.45) is 0 Å². The molecule has 0 aliphatic carbocycles. The van der Waals surface area contributed by atoms with Crippen molar-refractivity contribution < 1.29 is 4.79 Å². The van der Waals surface area contributed by atoms with Crippen LogP contribution in [-0.2, 0) is 11.3 Å². The summed E-state index contributed by atoms with van der Waals surface area (Å²) in [5.74, 6) is 0.0342. The number of hydrogen-bond donors (Lipinski definition) is 1. The SMILES string of the molecule is Cc1cccc(NC(=O)CN2CCN(Cc3ccccc3C#N)CC2)c1C. The van der Waals surface area contributed by atoms with E-state index in [9.17, 15) is 10.1 Å². The van der Waals surface area contributed by atoms with Crippen molar-refractivity contribution in [3.8, 4) is 6.07 Å². The quantitative estimate of drug-likeness (QED) is 0.888. The third-order valence-electron chi connectivity index (χ3n) is 5.24. The summed E-state index contributed by atoms with van der Waals surface area (Å²) in [7, 11) is 0. The number of amides is 1. The summed E-state index contributed by atoms with van der Waals surface area (Å²) in [4.78, 5) is 16.9. The first-order valence-corrected chi connectivity index (χ1v) is 9.35. The second-order valence-corrected chi connectivity index (χ2v) is 7.12. The highest BCUT2D eigenvalue weighted by Crippen LogP contribution is 2.18. The minimum Gasteiger partial charge on any atom is -0.325 e. The Balaban J connectivity index is 1.49. The van der Waals surface area contributed by atoms with Gasteiger partial charge in [-0.15, -0.1) is 0 Å². The molecule has 140 valence electrons. The Morgan fingerprint density at radius 1 is 1.04 bits per heavy atom. The normalized spacial score (nSPS) is 15.3. The maximum Gasteiger partial charge on any atom is 0.238 e. The van der Waals surface area contributed by atoms with Crippen LogP contribution in [0, 0.1) is 25.2 Å². The zero-order valence-corrected chi connectivity index (χ0v) is 16.0. The molecule has 2 aromatic rings. The van der Waals surface area contributed by atoms with Crippen LogP contribution in [-0.4, -0.2) is 48.4 Å². The summed E-state index contributed by atoms with van der Waals surface area (Å²) in [6, 6.07) is 16.0. The third-order valence-corrected chi connectivity index (χ3v) is 5.24. The first kappa shape index (κ1) is 19.1. The van der Waals surface area contributed by atoms with Gasteiger partial charge in [0.1, 0.15) is 0 Å². The van der Waals surface area contributed by atoms with Gasteiger partial charge in [0.05, 0.1) is 18.2 Å². The van der Waals surface area contributed by atoms with E-state index in [2.05, 4.69) is 34.2 Å². The predicted octanol–water partition coefficient (Wildman–Crippen LogP) is 2.93. The molecular formula is C22H26N4O. The summed E-state index contributed by atoms with van der Waals surface area (Å²) < 4.78 is 0. The van der Waals surface area contributed by atoms with Crippen molar-refractivity contribution in [3.63, 3.8) is 0 Å². The predicted molar refractivity (Wildman–Crippen MR) is 107 cm³/mol. The van der Waals surface area contributed by atoms with Gasteiger partial charge >= 0.3 is 0 Å². The van der Waals surface area contributed by atoms with Crippen LogP contribution in [0.3, 0.4) is 0 Å². The maximum atomic E-state index is 12.4. The third kappa shape index (κ3) is 4.94. The van der Waals surface area contributed by atoms with Crippen LogP contribution < -0.4 is 5.32 Å². The highest BCUT2D eigenvalue weighted by atomic mass is 16.2. The molecule has 0 bridgehead atoms. The van der Waals surface area contributed by atoms with E-state index in [1.807, 2.05) is 43.3 Å². The van der Waals surface area contributed by atoms with Crippen molar-refractivity contribution >= 4 is 11.6 Å². The van der Waals surface area contributed by atoms with E-state index in [4.69, 9.17) is 0 Å². The highest BCUT2D eigenvalue weighted by molar-refractivity contribution is 5.93. The van der Waals surface area contributed by atoms with Crippen LogP contribution in [0.4, 0.5) is 5.69 Å². The molecule has 0 radical (unpaired) electrons. The van der Waals surface area contributed by atoms with Gasteiger partial charge < -0.3 is 5.32 Å². The fourth-order valence-electron chi connectivity index (χ4n) is 3.39. The molecule has 0 unspecified atom stereocenters. The number of hydrogen-bond acceptors (Lipinski definition) is 4. The Labute approximate surface area is 161 Å². The van der Waals surface area contributed by atoms with Crippen molar-refractivity contribution in [2.45, 2.75) is 20.4 Å². The molecule has 0 aromatic heterocycles. The number of piperazine rings is 1. The van der Waals surface area contributed by atoms with Gasteiger partial charge in [0, 0.05) is 38.4 Å². The lowest BCUT2D eigenvalue weighted by Crippen LogP contribution is -2.48. The Morgan fingerprint density at radius 3 is 2.48 bits per heavy atom. The minimum atomic E-state index is 0.0342. The minimum absolute atomic E-state index is 0.0342. The van der Waals surface area contributed by atoms with Crippen molar-refractivity contribution in [1.29, 1.82) is 5.26 Å². The molecule has 1 saturated heterocycles. The molecule has 1 heterocycles. The maximum absolute atomic E-state index is 12.4. The Morgan fingerprint density at radius 2 is 1.74 bits per heavy atom. The number of carbonyl (C=O) groups excluding carboxylic acids is 1. The molecule has 0 spiro atoms. The molecule has 1 fully saturated rings. The number of aryl methyl sites for hydroxylation is 1. The van der Waals surface area contributed by atoms with Gasteiger partial charge in [-0.2, -0.15) is 5.26 Å². The average molecular weight is 362 g/mol. The molecular weight excluding hydrogens is 336 g/mol. The number of nitrogens with zero attached hydrogens (tertiary/aromatic N) is 3. The number of nitriles is 1. The van der Waals surface area contributed by atoms with Gasteiger partial charge in [-0.25, -0.2) is 0 Å². The van der Waals surface area contributed by atoms with E-state index in [0.29, 0.717) is 6.54 Å². The van der Waals surface area contributed by atoms with E-state index < -0.39 is 0 Å². The zero-order valence-electron chi connectivity index (χ0n) is 16.0. The van der Waals surface area contributed by atoms with Crippen molar-refractivity contribution in [3.05, 3.63) is 64.7 Å². The molecule has 1 N–H and O–H groups in total.